The van der Waals surface area contributed by atoms with Crippen LogP contribution in [0.25, 0.3) is 0 Å². The fourth-order valence-corrected chi connectivity index (χ4v) is 2.58. The van der Waals surface area contributed by atoms with Crippen LogP contribution in [0.2, 0.25) is 0 Å². The van der Waals surface area contributed by atoms with Gasteiger partial charge in [-0.2, -0.15) is 0 Å². The molecule has 0 spiro atoms. The average Bonchev–Trinajstić information content (AvgIpc) is 2.58. The van der Waals surface area contributed by atoms with E-state index < -0.39 is 5.78 Å². The van der Waals surface area contributed by atoms with Gasteiger partial charge in [-0.3, -0.25) is 4.79 Å². The van der Waals surface area contributed by atoms with Gasteiger partial charge in [0, 0.05) is 5.56 Å². The van der Waals surface area contributed by atoms with Gasteiger partial charge in [0.25, 0.3) is 0 Å². The molecule has 0 bridgehead atoms. The predicted octanol–water partition coefficient (Wildman–Crippen LogP) is 2.54. The molecule has 0 atom stereocenters. The van der Waals surface area contributed by atoms with Crippen LogP contribution in [0, 0.1) is 6.92 Å². The molecule has 5 nitrogen and oxygen atoms in total. The molecule has 0 radical (unpaired) electrons. The summed E-state index contributed by atoms with van der Waals surface area (Å²) in [5.41, 5.74) is 1.71. The molecule has 0 aliphatic carbocycles. The van der Waals surface area contributed by atoms with Crippen molar-refractivity contribution in [3.05, 3.63) is 46.5 Å². The smallest absolute Gasteiger partial charge is 0.204 e. The number of carbonyl (C=O) groups is 1. The number of aryl methyl sites for hydroxylation is 1. The molecule has 2 N–H and O–H groups in total. The maximum atomic E-state index is 12.8. The maximum Gasteiger partial charge on any atom is 0.204 e. The molecular weight excluding hydrogens is 272 g/mol. The number of carbonyl (C=O) groups excluding carboxylic acids is 1. The SMILES string of the molecule is COc1ccc(O)c2c1C(=O)c1c(O)cc(C)cc1CO2. The normalized spacial score (nSPS) is 13.0. The van der Waals surface area contributed by atoms with Crippen LogP contribution in [-0.2, 0) is 6.61 Å². The van der Waals surface area contributed by atoms with Crippen LogP contribution in [0.15, 0.2) is 24.3 Å². The number of hydrogen-bond donors (Lipinski definition) is 2. The summed E-state index contributed by atoms with van der Waals surface area (Å²) < 4.78 is 10.7. The summed E-state index contributed by atoms with van der Waals surface area (Å²) in [6.45, 7) is 1.91. The lowest BCUT2D eigenvalue weighted by atomic mass is 9.96. The summed E-state index contributed by atoms with van der Waals surface area (Å²) in [4.78, 5) is 12.8. The van der Waals surface area contributed by atoms with Crippen LogP contribution >= 0.6 is 0 Å². The van der Waals surface area contributed by atoms with E-state index in [9.17, 15) is 15.0 Å². The van der Waals surface area contributed by atoms with Crippen LogP contribution in [0.3, 0.4) is 0 Å². The number of hydrogen-bond acceptors (Lipinski definition) is 5. The Bertz CT molecular complexity index is 749. The van der Waals surface area contributed by atoms with E-state index in [4.69, 9.17) is 9.47 Å². The molecule has 0 amide bonds. The van der Waals surface area contributed by atoms with Gasteiger partial charge in [-0.05, 0) is 30.7 Å². The summed E-state index contributed by atoms with van der Waals surface area (Å²) in [6, 6.07) is 6.21. The zero-order chi connectivity index (χ0) is 15.1. The first-order valence-corrected chi connectivity index (χ1v) is 6.43. The molecule has 1 heterocycles. The van der Waals surface area contributed by atoms with Crippen molar-refractivity contribution < 1.29 is 24.5 Å². The second-order valence-corrected chi connectivity index (χ2v) is 4.93. The van der Waals surface area contributed by atoms with Crippen LogP contribution in [0.5, 0.6) is 23.0 Å². The van der Waals surface area contributed by atoms with E-state index in [1.165, 1.54) is 25.3 Å². The maximum absolute atomic E-state index is 12.8. The van der Waals surface area contributed by atoms with E-state index in [2.05, 4.69) is 0 Å². The highest BCUT2D eigenvalue weighted by Crippen LogP contribution is 2.42. The highest BCUT2D eigenvalue weighted by atomic mass is 16.5. The molecule has 0 fully saturated rings. The van der Waals surface area contributed by atoms with Gasteiger partial charge in [0.05, 0.1) is 12.7 Å². The highest BCUT2D eigenvalue weighted by molar-refractivity contribution is 6.15. The molecule has 0 unspecified atom stereocenters. The molecule has 108 valence electrons. The van der Waals surface area contributed by atoms with Crippen LogP contribution in [0.1, 0.15) is 27.0 Å². The number of fused-ring (bicyclic) bond motifs is 2. The minimum absolute atomic E-state index is 0.0765. The Morgan fingerprint density at radius 3 is 2.62 bits per heavy atom. The van der Waals surface area contributed by atoms with Crippen molar-refractivity contribution in [3.8, 4) is 23.0 Å². The third-order valence-electron chi connectivity index (χ3n) is 3.49. The van der Waals surface area contributed by atoms with Gasteiger partial charge in [-0.1, -0.05) is 6.07 Å². The molecule has 0 saturated carbocycles. The van der Waals surface area contributed by atoms with Gasteiger partial charge in [-0.25, -0.2) is 0 Å². The van der Waals surface area contributed by atoms with Gasteiger partial charge in [0.1, 0.15) is 23.7 Å². The monoisotopic (exact) mass is 286 g/mol. The second kappa shape index (κ2) is 4.70. The number of methoxy groups -OCH3 is 1. The van der Waals surface area contributed by atoms with Crippen molar-refractivity contribution in [2.24, 2.45) is 0 Å². The van der Waals surface area contributed by atoms with Gasteiger partial charge in [-0.15, -0.1) is 0 Å². The number of rotatable bonds is 1. The first kappa shape index (κ1) is 13.3. The Kier molecular flexibility index (Phi) is 2.97. The van der Waals surface area contributed by atoms with Crippen molar-refractivity contribution in [2.75, 3.05) is 7.11 Å². The van der Waals surface area contributed by atoms with Gasteiger partial charge in [0.15, 0.2) is 11.5 Å². The minimum atomic E-state index is -0.428. The zero-order valence-electron chi connectivity index (χ0n) is 11.6. The Morgan fingerprint density at radius 1 is 1.14 bits per heavy atom. The van der Waals surface area contributed by atoms with Crippen molar-refractivity contribution in [2.45, 2.75) is 13.5 Å². The lowest BCUT2D eigenvalue weighted by molar-refractivity contribution is 0.103. The van der Waals surface area contributed by atoms with Crippen molar-refractivity contribution in [1.29, 1.82) is 0 Å². The Hall–Kier alpha value is -2.69. The number of aromatic hydroxyl groups is 2. The van der Waals surface area contributed by atoms with E-state index in [0.29, 0.717) is 11.3 Å². The molecule has 2 aromatic carbocycles. The largest absolute Gasteiger partial charge is 0.507 e. The summed E-state index contributed by atoms with van der Waals surface area (Å²) in [5.74, 6) is -0.295. The molecular formula is C16H14O5. The molecule has 5 heteroatoms. The molecule has 0 saturated heterocycles. The fourth-order valence-electron chi connectivity index (χ4n) is 2.58. The van der Waals surface area contributed by atoms with E-state index in [1.807, 2.05) is 6.92 Å². The summed E-state index contributed by atoms with van der Waals surface area (Å²) >= 11 is 0. The Labute approximate surface area is 121 Å². The fraction of sp³-hybridized carbons (Fsp3) is 0.188. The lowest BCUT2D eigenvalue weighted by Crippen LogP contribution is -2.06. The third-order valence-corrected chi connectivity index (χ3v) is 3.49. The van der Waals surface area contributed by atoms with Crippen LogP contribution in [-0.4, -0.2) is 23.1 Å². The Balaban J connectivity index is 2.30. The average molecular weight is 286 g/mol. The highest BCUT2D eigenvalue weighted by Gasteiger charge is 2.30. The van der Waals surface area contributed by atoms with Gasteiger partial charge in [0.2, 0.25) is 5.78 Å². The number of ketones is 1. The third kappa shape index (κ3) is 1.98. The first-order chi connectivity index (χ1) is 10.0. The van der Waals surface area contributed by atoms with E-state index in [-0.39, 0.29) is 35.0 Å². The molecule has 3 rings (SSSR count). The molecule has 21 heavy (non-hydrogen) atoms. The zero-order valence-corrected chi connectivity index (χ0v) is 11.6. The van der Waals surface area contributed by atoms with Crippen LogP contribution in [0.4, 0.5) is 0 Å². The number of phenols is 2. The van der Waals surface area contributed by atoms with Gasteiger partial charge >= 0.3 is 0 Å². The molecule has 1 aliphatic rings. The van der Waals surface area contributed by atoms with Crippen molar-refractivity contribution in [3.63, 3.8) is 0 Å². The standard InChI is InChI=1S/C16H14O5/c1-8-5-9-7-21-16-10(17)3-4-12(20-2)14(16)15(19)13(9)11(18)6-8/h3-6,17-18H,7H2,1-2H3. The van der Waals surface area contributed by atoms with E-state index >= 15 is 0 Å². The first-order valence-electron chi connectivity index (χ1n) is 6.43. The summed E-state index contributed by atoms with van der Waals surface area (Å²) in [6.07, 6.45) is 0. The minimum Gasteiger partial charge on any atom is -0.507 e. The number of phenolic OH excluding ortho intramolecular Hbond substituents is 2. The molecule has 1 aliphatic heterocycles. The topological polar surface area (TPSA) is 76.0 Å². The number of ether oxygens (including phenoxy) is 2. The number of benzene rings is 2. The van der Waals surface area contributed by atoms with Crippen LogP contribution < -0.4 is 9.47 Å². The van der Waals surface area contributed by atoms with E-state index in [0.717, 1.165) is 5.56 Å². The quantitative estimate of drug-likeness (QED) is 0.842. The van der Waals surface area contributed by atoms with Crippen molar-refractivity contribution >= 4 is 5.78 Å². The molecule has 2 aromatic rings. The van der Waals surface area contributed by atoms with Crippen molar-refractivity contribution in [1.82, 2.24) is 0 Å². The van der Waals surface area contributed by atoms with E-state index in [1.54, 1.807) is 6.07 Å². The lowest BCUT2D eigenvalue weighted by Gasteiger charge is -2.12. The second-order valence-electron chi connectivity index (χ2n) is 4.93. The summed E-state index contributed by atoms with van der Waals surface area (Å²) in [5, 5.41) is 20.0. The predicted molar refractivity (Wildman–Crippen MR) is 75.3 cm³/mol. The van der Waals surface area contributed by atoms with Gasteiger partial charge < -0.3 is 19.7 Å². The summed E-state index contributed by atoms with van der Waals surface area (Å²) in [7, 11) is 1.43. The molecule has 0 aromatic heterocycles. The Morgan fingerprint density at radius 2 is 1.90 bits per heavy atom.